The summed E-state index contributed by atoms with van der Waals surface area (Å²) in [4.78, 5) is 4.48. The van der Waals surface area contributed by atoms with Crippen molar-refractivity contribution in [2.24, 2.45) is 4.99 Å². The van der Waals surface area contributed by atoms with Crippen LogP contribution in [0.25, 0.3) is 5.57 Å². The Morgan fingerprint density at radius 2 is 1.88 bits per heavy atom. The van der Waals surface area contributed by atoms with Gasteiger partial charge in [-0.15, -0.1) is 0 Å². The summed E-state index contributed by atoms with van der Waals surface area (Å²) >= 11 is 4.76. The summed E-state index contributed by atoms with van der Waals surface area (Å²) in [6.07, 6.45) is 3.84. The number of thiocarbonyl (C=S) groups is 1. The Bertz CT molecular complexity index is 1000. The van der Waals surface area contributed by atoms with Gasteiger partial charge in [0, 0.05) is 5.56 Å². The summed E-state index contributed by atoms with van der Waals surface area (Å²) < 4.78 is 28.5. The van der Waals surface area contributed by atoms with E-state index in [0.717, 1.165) is 35.1 Å². The maximum absolute atomic E-state index is 12.9. The van der Waals surface area contributed by atoms with Crippen molar-refractivity contribution >= 4 is 38.7 Å². The fourth-order valence-electron chi connectivity index (χ4n) is 3.13. The number of isothiocyanates is 1. The maximum Gasteiger partial charge on any atom is 0.261 e. The molecular formula is C20H20N2O2S2. The monoisotopic (exact) mass is 384 g/mol. The molecule has 26 heavy (non-hydrogen) atoms. The third kappa shape index (κ3) is 3.78. The Kier molecular flexibility index (Phi) is 5.37. The predicted octanol–water partition coefficient (Wildman–Crippen LogP) is 4.75. The van der Waals surface area contributed by atoms with Crippen molar-refractivity contribution in [1.29, 1.82) is 0 Å². The molecule has 0 fully saturated rings. The van der Waals surface area contributed by atoms with Crippen LogP contribution in [0, 0.1) is 13.8 Å². The second-order valence-corrected chi connectivity index (χ2v) is 8.25. The number of rotatable bonds is 5. The second kappa shape index (κ2) is 7.54. The van der Waals surface area contributed by atoms with Crippen molar-refractivity contribution in [2.45, 2.75) is 37.6 Å². The predicted molar refractivity (Wildman–Crippen MR) is 109 cm³/mol. The summed E-state index contributed by atoms with van der Waals surface area (Å²) in [6.45, 7) is 3.82. The van der Waals surface area contributed by atoms with Gasteiger partial charge in [-0.2, -0.15) is 0 Å². The Morgan fingerprint density at radius 1 is 1.15 bits per heavy atom. The normalized spacial score (nSPS) is 16.7. The molecule has 6 heteroatoms. The fourth-order valence-corrected chi connectivity index (χ4v) is 4.41. The third-order valence-corrected chi connectivity index (χ3v) is 5.99. The molecule has 0 aliphatic heterocycles. The number of anilines is 1. The molecule has 2 aromatic carbocycles. The molecule has 1 aliphatic carbocycles. The number of allylic oxidation sites excluding steroid dienone is 1. The van der Waals surface area contributed by atoms with Crippen LogP contribution in [0.4, 0.5) is 5.69 Å². The van der Waals surface area contributed by atoms with E-state index in [1.54, 1.807) is 24.3 Å². The van der Waals surface area contributed by atoms with E-state index in [4.69, 9.17) is 12.2 Å². The zero-order chi connectivity index (χ0) is 18.7. The van der Waals surface area contributed by atoms with E-state index >= 15 is 0 Å². The standard InChI is InChI=1S/C20H20N2O2S2/c1-14-9-11-16(12-10-14)26(23,24)22-20-15(2)5-3-7-18(20)17-6-4-8-19(17)21-13-25/h3,5-7,9-12,19,22H,4,8H2,1-2H3. The van der Waals surface area contributed by atoms with Gasteiger partial charge in [-0.1, -0.05) is 42.0 Å². The van der Waals surface area contributed by atoms with Gasteiger partial charge in [0.25, 0.3) is 10.0 Å². The summed E-state index contributed by atoms with van der Waals surface area (Å²) in [5.41, 5.74) is 4.30. The minimum atomic E-state index is -3.68. The highest BCUT2D eigenvalue weighted by molar-refractivity contribution is 7.92. The average molecular weight is 385 g/mol. The number of nitrogens with zero attached hydrogens (tertiary/aromatic N) is 1. The topological polar surface area (TPSA) is 58.5 Å². The number of benzene rings is 2. The average Bonchev–Trinajstić information content (AvgIpc) is 3.05. The van der Waals surface area contributed by atoms with Crippen molar-refractivity contribution in [1.82, 2.24) is 0 Å². The molecule has 1 atom stereocenters. The van der Waals surface area contributed by atoms with Crippen molar-refractivity contribution in [3.8, 4) is 0 Å². The van der Waals surface area contributed by atoms with E-state index < -0.39 is 10.0 Å². The second-order valence-electron chi connectivity index (χ2n) is 6.39. The molecule has 1 aliphatic rings. The van der Waals surface area contributed by atoms with Crippen LogP contribution in [0.5, 0.6) is 0 Å². The van der Waals surface area contributed by atoms with Crippen LogP contribution in [-0.4, -0.2) is 19.6 Å². The van der Waals surface area contributed by atoms with Crippen molar-refractivity contribution in [3.05, 3.63) is 65.2 Å². The smallest absolute Gasteiger partial charge is 0.261 e. The van der Waals surface area contributed by atoms with Crippen molar-refractivity contribution < 1.29 is 8.42 Å². The molecule has 2 aromatic rings. The lowest BCUT2D eigenvalue weighted by Gasteiger charge is -2.18. The number of hydrogen-bond donors (Lipinski definition) is 1. The molecule has 0 saturated heterocycles. The van der Waals surface area contributed by atoms with E-state index in [2.05, 4.69) is 21.0 Å². The molecule has 0 amide bonds. The van der Waals surface area contributed by atoms with Crippen LogP contribution in [0.1, 0.15) is 29.5 Å². The molecule has 0 heterocycles. The quantitative estimate of drug-likeness (QED) is 0.598. The van der Waals surface area contributed by atoms with Gasteiger partial charge in [-0.25, -0.2) is 13.4 Å². The Labute approximate surface area is 159 Å². The van der Waals surface area contributed by atoms with E-state index in [-0.39, 0.29) is 10.9 Å². The first-order chi connectivity index (χ1) is 12.4. The first kappa shape index (κ1) is 18.5. The van der Waals surface area contributed by atoms with Crippen LogP contribution in [0.15, 0.2) is 58.4 Å². The minimum absolute atomic E-state index is 0.0723. The van der Waals surface area contributed by atoms with Gasteiger partial charge in [0.05, 0.1) is 21.8 Å². The Morgan fingerprint density at radius 3 is 2.58 bits per heavy atom. The number of nitrogens with one attached hydrogen (secondary N) is 1. The van der Waals surface area contributed by atoms with Gasteiger partial charge in [0.15, 0.2) is 0 Å². The highest BCUT2D eigenvalue weighted by atomic mass is 32.2. The molecule has 134 valence electrons. The van der Waals surface area contributed by atoms with Crippen LogP contribution < -0.4 is 4.72 Å². The van der Waals surface area contributed by atoms with Gasteiger partial charge in [-0.3, -0.25) is 4.72 Å². The zero-order valence-corrected chi connectivity index (χ0v) is 16.3. The fraction of sp³-hybridized carbons (Fsp3) is 0.250. The highest BCUT2D eigenvalue weighted by Crippen LogP contribution is 2.37. The summed E-state index contributed by atoms with van der Waals surface area (Å²) in [5.74, 6) is 0. The molecule has 1 unspecified atom stereocenters. The van der Waals surface area contributed by atoms with Gasteiger partial charge in [0.1, 0.15) is 0 Å². The third-order valence-electron chi connectivity index (χ3n) is 4.52. The molecule has 0 aromatic heterocycles. The van der Waals surface area contributed by atoms with Crippen molar-refractivity contribution in [3.63, 3.8) is 0 Å². The molecule has 1 N–H and O–H groups in total. The molecule has 0 bridgehead atoms. The highest BCUT2D eigenvalue weighted by Gasteiger charge is 2.24. The van der Waals surface area contributed by atoms with E-state index in [1.165, 1.54) is 0 Å². The van der Waals surface area contributed by atoms with Crippen LogP contribution in [-0.2, 0) is 10.0 Å². The zero-order valence-electron chi connectivity index (χ0n) is 14.7. The van der Waals surface area contributed by atoms with Gasteiger partial charge < -0.3 is 0 Å². The number of sulfonamides is 1. The van der Waals surface area contributed by atoms with Crippen LogP contribution in [0.2, 0.25) is 0 Å². The number of hydrogen-bond acceptors (Lipinski definition) is 4. The molecule has 4 nitrogen and oxygen atoms in total. The lowest BCUT2D eigenvalue weighted by Crippen LogP contribution is -2.16. The number of para-hydroxylation sites is 1. The summed E-state index contributed by atoms with van der Waals surface area (Å²) in [6, 6.07) is 12.5. The van der Waals surface area contributed by atoms with Crippen LogP contribution >= 0.6 is 12.2 Å². The lowest BCUT2D eigenvalue weighted by atomic mass is 9.98. The molecular weight excluding hydrogens is 364 g/mol. The Hall–Kier alpha value is -2.27. The minimum Gasteiger partial charge on any atom is -0.279 e. The first-order valence-corrected chi connectivity index (χ1v) is 10.3. The summed E-state index contributed by atoms with van der Waals surface area (Å²) in [5, 5.41) is 2.45. The molecule has 0 spiro atoms. The van der Waals surface area contributed by atoms with Gasteiger partial charge in [0.2, 0.25) is 0 Å². The molecule has 0 saturated carbocycles. The van der Waals surface area contributed by atoms with Gasteiger partial charge >= 0.3 is 0 Å². The molecule has 0 radical (unpaired) electrons. The number of aliphatic imine (C=N–C) groups is 1. The molecule has 3 rings (SSSR count). The van der Waals surface area contributed by atoms with E-state index in [9.17, 15) is 8.42 Å². The van der Waals surface area contributed by atoms with Gasteiger partial charge in [-0.05, 0) is 62.2 Å². The van der Waals surface area contributed by atoms with E-state index in [1.807, 2.05) is 32.0 Å². The lowest BCUT2D eigenvalue weighted by molar-refractivity contribution is 0.601. The summed E-state index contributed by atoms with van der Waals surface area (Å²) in [7, 11) is -3.68. The van der Waals surface area contributed by atoms with E-state index in [0.29, 0.717) is 5.69 Å². The first-order valence-electron chi connectivity index (χ1n) is 8.39. The van der Waals surface area contributed by atoms with Crippen LogP contribution in [0.3, 0.4) is 0 Å². The van der Waals surface area contributed by atoms with Crippen molar-refractivity contribution in [2.75, 3.05) is 4.72 Å². The number of aryl methyl sites for hydroxylation is 2. The maximum atomic E-state index is 12.9. The largest absolute Gasteiger partial charge is 0.279 e. The SMILES string of the molecule is Cc1ccc(S(=O)(=O)Nc2c(C)cccc2C2=CCCC2N=C=S)cc1. The Balaban J connectivity index is 2.03.